The van der Waals surface area contributed by atoms with Crippen LogP contribution in [0.2, 0.25) is 0 Å². The Bertz CT molecular complexity index is 446. The quantitative estimate of drug-likeness (QED) is 0.844. The molecule has 0 fully saturated rings. The summed E-state index contributed by atoms with van der Waals surface area (Å²) in [4.78, 5) is 0. The van der Waals surface area contributed by atoms with E-state index in [2.05, 4.69) is 32.6 Å². The summed E-state index contributed by atoms with van der Waals surface area (Å²) in [5.41, 5.74) is 6.71. The standard InChI is InChI=1S/C15H20FNS/c1-11(2)12(3)18-10-14-7-6-13(5-4-8-17)9-15(14)16/h6-7,9,11-12H,8,10,17H2,1-3H3. The maximum atomic E-state index is 13.8. The van der Waals surface area contributed by atoms with E-state index in [0.717, 1.165) is 5.56 Å². The molecule has 0 spiro atoms. The summed E-state index contributed by atoms with van der Waals surface area (Å²) in [6.07, 6.45) is 0. The van der Waals surface area contributed by atoms with Gasteiger partial charge in [-0.15, -0.1) is 0 Å². The van der Waals surface area contributed by atoms with Crippen LogP contribution < -0.4 is 5.73 Å². The lowest BCUT2D eigenvalue weighted by molar-refractivity contribution is 0.615. The molecule has 3 heteroatoms. The molecular weight excluding hydrogens is 245 g/mol. The van der Waals surface area contributed by atoms with Crippen LogP contribution in [0.1, 0.15) is 31.9 Å². The van der Waals surface area contributed by atoms with Gasteiger partial charge in [0.1, 0.15) is 5.82 Å². The molecule has 0 radical (unpaired) electrons. The van der Waals surface area contributed by atoms with Gasteiger partial charge in [-0.1, -0.05) is 38.7 Å². The zero-order valence-corrected chi connectivity index (χ0v) is 12.0. The van der Waals surface area contributed by atoms with Crippen LogP contribution >= 0.6 is 11.8 Å². The van der Waals surface area contributed by atoms with Gasteiger partial charge in [0.25, 0.3) is 0 Å². The normalized spacial score (nSPS) is 12.1. The van der Waals surface area contributed by atoms with E-state index in [0.29, 0.717) is 29.0 Å². The number of hydrogen-bond donors (Lipinski definition) is 1. The highest BCUT2D eigenvalue weighted by molar-refractivity contribution is 7.99. The Morgan fingerprint density at radius 1 is 1.33 bits per heavy atom. The fourth-order valence-electron chi connectivity index (χ4n) is 1.31. The SMILES string of the molecule is CC(C)C(C)SCc1ccc(C#CCN)cc1F. The fraction of sp³-hybridized carbons (Fsp3) is 0.467. The molecule has 0 bridgehead atoms. The van der Waals surface area contributed by atoms with Crippen LogP contribution in [0.3, 0.4) is 0 Å². The third-order valence-corrected chi connectivity index (χ3v) is 4.38. The van der Waals surface area contributed by atoms with Crippen molar-refractivity contribution in [2.75, 3.05) is 6.54 Å². The number of benzene rings is 1. The van der Waals surface area contributed by atoms with Gasteiger partial charge in [-0.05, 0) is 23.6 Å². The average Bonchev–Trinajstić information content (AvgIpc) is 2.34. The van der Waals surface area contributed by atoms with Crippen molar-refractivity contribution >= 4 is 11.8 Å². The second-order valence-corrected chi connectivity index (χ2v) is 5.94. The number of thioether (sulfide) groups is 1. The summed E-state index contributed by atoms with van der Waals surface area (Å²) in [7, 11) is 0. The Morgan fingerprint density at radius 2 is 2.06 bits per heavy atom. The van der Waals surface area contributed by atoms with E-state index in [1.54, 1.807) is 11.8 Å². The van der Waals surface area contributed by atoms with E-state index < -0.39 is 0 Å². The van der Waals surface area contributed by atoms with Gasteiger partial charge in [0, 0.05) is 16.6 Å². The summed E-state index contributed by atoms with van der Waals surface area (Å²) in [6.45, 7) is 6.83. The lowest BCUT2D eigenvalue weighted by Crippen LogP contribution is -2.06. The van der Waals surface area contributed by atoms with E-state index >= 15 is 0 Å². The third kappa shape index (κ3) is 4.72. The first-order valence-corrected chi connectivity index (χ1v) is 7.18. The minimum absolute atomic E-state index is 0.178. The van der Waals surface area contributed by atoms with Crippen molar-refractivity contribution in [2.45, 2.75) is 31.8 Å². The molecule has 2 N–H and O–H groups in total. The third-order valence-electron chi connectivity index (χ3n) is 2.83. The van der Waals surface area contributed by atoms with Crippen molar-refractivity contribution in [1.82, 2.24) is 0 Å². The molecule has 1 rings (SSSR count). The molecule has 0 heterocycles. The Balaban J connectivity index is 2.68. The smallest absolute Gasteiger partial charge is 0.128 e. The number of rotatable bonds is 4. The molecular formula is C15H20FNS. The summed E-state index contributed by atoms with van der Waals surface area (Å²) < 4.78 is 13.8. The Kier molecular flexibility index (Phi) is 6.24. The van der Waals surface area contributed by atoms with Gasteiger partial charge < -0.3 is 5.73 Å². The van der Waals surface area contributed by atoms with Crippen molar-refractivity contribution in [3.63, 3.8) is 0 Å². The highest BCUT2D eigenvalue weighted by Crippen LogP contribution is 2.24. The molecule has 18 heavy (non-hydrogen) atoms. The first-order valence-electron chi connectivity index (χ1n) is 6.13. The maximum absolute atomic E-state index is 13.8. The molecule has 0 amide bonds. The highest BCUT2D eigenvalue weighted by Gasteiger charge is 2.09. The summed E-state index contributed by atoms with van der Waals surface area (Å²) in [5.74, 6) is 6.69. The van der Waals surface area contributed by atoms with Crippen molar-refractivity contribution in [3.05, 3.63) is 35.1 Å². The maximum Gasteiger partial charge on any atom is 0.128 e. The summed E-state index contributed by atoms with van der Waals surface area (Å²) in [6, 6.07) is 5.15. The topological polar surface area (TPSA) is 26.0 Å². The first kappa shape index (κ1) is 15.1. The Morgan fingerprint density at radius 3 is 2.61 bits per heavy atom. The lowest BCUT2D eigenvalue weighted by Gasteiger charge is -2.15. The monoisotopic (exact) mass is 265 g/mol. The van der Waals surface area contributed by atoms with Crippen molar-refractivity contribution in [1.29, 1.82) is 0 Å². The Labute approximate surface area is 113 Å². The van der Waals surface area contributed by atoms with E-state index in [9.17, 15) is 4.39 Å². The van der Waals surface area contributed by atoms with E-state index in [1.807, 2.05) is 12.1 Å². The zero-order chi connectivity index (χ0) is 13.5. The van der Waals surface area contributed by atoms with Crippen LogP contribution in [0, 0.1) is 23.6 Å². The minimum atomic E-state index is -0.178. The highest BCUT2D eigenvalue weighted by atomic mass is 32.2. The molecule has 0 aromatic heterocycles. The number of nitrogens with two attached hydrogens (primary N) is 1. The van der Waals surface area contributed by atoms with E-state index in [1.165, 1.54) is 6.07 Å². The molecule has 1 aromatic rings. The van der Waals surface area contributed by atoms with Crippen LogP contribution in [0.15, 0.2) is 18.2 Å². The molecule has 1 aromatic carbocycles. The van der Waals surface area contributed by atoms with Gasteiger partial charge in [0.05, 0.1) is 6.54 Å². The van der Waals surface area contributed by atoms with Crippen LogP contribution in [-0.4, -0.2) is 11.8 Å². The summed E-state index contributed by atoms with van der Waals surface area (Å²) >= 11 is 1.78. The molecule has 1 unspecified atom stereocenters. The van der Waals surface area contributed by atoms with Crippen LogP contribution in [0.25, 0.3) is 0 Å². The molecule has 0 saturated carbocycles. The van der Waals surface area contributed by atoms with Gasteiger partial charge in [-0.2, -0.15) is 11.8 Å². The second-order valence-electron chi connectivity index (χ2n) is 4.57. The fourth-order valence-corrected chi connectivity index (χ4v) is 2.37. The van der Waals surface area contributed by atoms with Gasteiger partial charge >= 0.3 is 0 Å². The van der Waals surface area contributed by atoms with Crippen LogP contribution in [0.4, 0.5) is 4.39 Å². The van der Waals surface area contributed by atoms with Gasteiger partial charge in [-0.3, -0.25) is 0 Å². The minimum Gasteiger partial charge on any atom is -0.320 e. The molecule has 98 valence electrons. The van der Waals surface area contributed by atoms with Gasteiger partial charge in [0.15, 0.2) is 0 Å². The largest absolute Gasteiger partial charge is 0.320 e. The number of hydrogen-bond acceptors (Lipinski definition) is 2. The van der Waals surface area contributed by atoms with Crippen LogP contribution in [0.5, 0.6) is 0 Å². The zero-order valence-electron chi connectivity index (χ0n) is 11.2. The second kappa shape index (κ2) is 7.45. The molecule has 1 atom stereocenters. The Hall–Kier alpha value is -0.980. The lowest BCUT2D eigenvalue weighted by atomic mass is 10.1. The first-order chi connectivity index (χ1) is 8.54. The predicted octanol–water partition coefficient (Wildman–Crippen LogP) is 3.41. The predicted molar refractivity (Wildman–Crippen MR) is 77.9 cm³/mol. The average molecular weight is 265 g/mol. The summed E-state index contributed by atoms with van der Waals surface area (Å²) in [5, 5.41) is 0.529. The van der Waals surface area contributed by atoms with Crippen molar-refractivity contribution < 1.29 is 4.39 Å². The molecule has 0 aliphatic heterocycles. The van der Waals surface area contributed by atoms with Crippen LogP contribution in [-0.2, 0) is 5.75 Å². The molecule has 0 aliphatic carbocycles. The van der Waals surface area contributed by atoms with E-state index in [-0.39, 0.29) is 5.82 Å². The molecule has 0 aliphatic rings. The van der Waals surface area contributed by atoms with Crippen molar-refractivity contribution in [3.8, 4) is 11.8 Å². The van der Waals surface area contributed by atoms with Crippen molar-refractivity contribution in [2.24, 2.45) is 11.7 Å². The molecule has 0 saturated heterocycles. The van der Waals surface area contributed by atoms with Gasteiger partial charge in [0.2, 0.25) is 0 Å². The van der Waals surface area contributed by atoms with Gasteiger partial charge in [-0.25, -0.2) is 4.39 Å². The molecule has 1 nitrogen and oxygen atoms in total. The number of halogens is 1. The van der Waals surface area contributed by atoms with E-state index in [4.69, 9.17) is 5.73 Å².